The van der Waals surface area contributed by atoms with Crippen molar-refractivity contribution in [2.75, 3.05) is 0 Å². The normalized spacial score (nSPS) is 30.8. The van der Waals surface area contributed by atoms with Crippen molar-refractivity contribution in [2.24, 2.45) is 5.92 Å². The highest BCUT2D eigenvalue weighted by Gasteiger charge is 2.35. The Balaban J connectivity index is 2.38. The highest BCUT2D eigenvalue weighted by Crippen LogP contribution is 2.44. The molecule has 0 heterocycles. The molecule has 0 spiro atoms. The van der Waals surface area contributed by atoms with Gasteiger partial charge in [0.25, 0.3) is 0 Å². The van der Waals surface area contributed by atoms with Gasteiger partial charge in [-0.25, -0.2) is 8.78 Å². The van der Waals surface area contributed by atoms with Gasteiger partial charge >= 0.3 is 0 Å². The van der Waals surface area contributed by atoms with E-state index in [0.717, 1.165) is 12.8 Å². The Hall–Kier alpha value is -0.440. The zero-order valence-electron chi connectivity index (χ0n) is 8.51. The van der Waals surface area contributed by atoms with Gasteiger partial charge in [-0.05, 0) is 36.8 Å². The summed E-state index contributed by atoms with van der Waals surface area (Å²) in [6, 6.07) is 4.10. The maximum absolute atomic E-state index is 13.5. The number of hydrogen-bond acceptors (Lipinski definition) is 0. The van der Waals surface area contributed by atoms with Crippen LogP contribution in [0, 0.1) is 17.6 Å². The van der Waals surface area contributed by atoms with Gasteiger partial charge in [0, 0.05) is 10.4 Å². The molecule has 2 rings (SSSR count). The van der Waals surface area contributed by atoms with E-state index in [1.807, 2.05) is 6.92 Å². The van der Waals surface area contributed by atoms with E-state index in [1.54, 1.807) is 0 Å². The Morgan fingerprint density at radius 2 is 1.80 bits per heavy atom. The quantitative estimate of drug-likeness (QED) is 0.672. The maximum atomic E-state index is 13.5. The van der Waals surface area contributed by atoms with Crippen LogP contribution in [0.1, 0.15) is 31.2 Å². The highest BCUT2D eigenvalue weighted by atomic mass is 79.9. The van der Waals surface area contributed by atoms with Crippen molar-refractivity contribution in [3.05, 3.63) is 35.4 Å². The molecule has 3 unspecified atom stereocenters. The number of halogens is 3. The van der Waals surface area contributed by atoms with E-state index in [0.29, 0.717) is 4.83 Å². The van der Waals surface area contributed by atoms with Crippen LogP contribution in [-0.4, -0.2) is 4.83 Å². The van der Waals surface area contributed by atoms with Crippen LogP contribution in [0.15, 0.2) is 18.2 Å². The van der Waals surface area contributed by atoms with Gasteiger partial charge in [-0.3, -0.25) is 0 Å². The van der Waals surface area contributed by atoms with Gasteiger partial charge in [0.1, 0.15) is 11.6 Å². The summed E-state index contributed by atoms with van der Waals surface area (Å²) in [4.78, 5) is 0.376. The van der Waals surface area contributed by atoms with Crippen molar-refractivity contribution in [1.29, 1.82) is 0 Å². The Kier molecular flexibility index (Phi) is 3.10. The SMILES string of the molecule is CC1C(Br)CCC1c1c(F)cccc1F. The minimum atomic E-state index is -0.409. The van der Waals surface area contributed by atoms with Gasteiger partial charge in [0.05, 0.1) is 0 Å². The molecule has 0 aromatic heterocycles. The van der Waals surface area contributed by atoms with Crippen molar-refractivity contribution in [3.8, 4) is 0 Å². The fraction of sp³-hybridized carbons (Fsp3) is 0.500. The van der Waals surface area contributed by atoms with Crippen LogP contribution in [0.2, 0.25) is 0 Å². The second-order valence-electron chi connectivity index (χ2n) is 4.19. The van der Waals surface area contributed by atoms with Crippen LogP contribution in [0.5, 0.6) is 0 Å². The van der Waals surface area contributed by atoms with Crippen molar-refractivity contribution in [2.45, 2.75) is 30.5 Å². The number of rotatable bonds is 1. The lowest BCUT2D eigenvalue weighted by Crippen LogP contribution is -2.12. The van der Waals surface area contributed by atoms with Gasteiger partial charge < -0.3 is 0 Å². The van der Waals surface area contributed by atoms with Crippen molar-refractivity contribution < 1.29 is 8.78 Å². The Morgan fingerprint density at radius 1 is 1.20 bits per heavy atom. The summed E-state index contributed by atoms with van der Waals surface area (Å²) in [5.41, 5.74) is 0.270. The lowest BCUT2D eigenvalue weighted by molar-refractivity contribution is 0.473. The average molecular weight is 275 g/mol. The first kappa shape index (κ1) is 11.1. The molecule has 0 radical (unpaired) electrons. The van der Waals surface area contributed by atoms with Gasteiger partial charge in [-0.2, -0.15) is 0 Å². The molecule has 1 aromatic carbocycles. The minimum Gasteiger partial charge on any atom is -0.207 e. The Morgan fingerprint density at radius 3 is 2.27 bits per heavy atom. The van der Waals surface area contributed by atoms with Gasteiger partial charge in [0.2, 0.25) is 0 Å². The molecule has 0 nitrogen and oxygen atoms in total. The molecule has 82 valence electrons. The van der Waals surface area contributed by atoms with Gasteiger partial charge in [-0.15, -0.1) is 0 Å². The van der Waals surface area contributed by atoms with Crippen molar-refractivity contribution >= 4 is 15.9 Å². The van der Waals surface area contributed by atoms with E-state index in [9.17, 15) is 8.78 Å². The second kappa shape index (κ2) is 4.20. The molecule has 0 saturated heterocycles. The topological polar surface area (TPSA) is 0 Å². The number of hydrogen-bond donors (Lipinski definition) is 0. The largest absolute Gasteiger partial charge is 0.207 e. The van der Waals surface area contributed by atoms with Crippen LogP contribution in [-0.2, 0) is 0 Å². The average Bonchev–Trinajstić information content (AvgIpc) is 2.49. The summed E-state index contributed by atoms with van der Waals surface area (Å²) >= 11 is 3.55. The predicted molar refractivity (Wildman–Crippen MR) is 60.2 cm³/mol. The Labute approximate surface area is 96.8 Å². The smallest absolute Gasteiger partial charge is 0.129 e. The first-order valence-electron chi connectivity index (χ1n) is 5.19. The third-order valence-electron chi connectivity index (χ3n) is 3.33. The van der Waals surface area contributed by atoms with Gasteiger partial charge in [-0.1, -0.05) is 28.9 Å². The standard InChI is InChI=1S/C12H13BrF2/c1-7-8(5-6-9(7)13)12-10(14)3-2-4-11(12)15/h2-4,7-9H,5-6H2,1H3. The van der Waals surface area contributed by atoms with E-state index in [1.165, 1.54) is 18.2 Å². The second-order valence-corrected chi connectivity index (χ2v) is 5.37. The summed E-state index contributed by atoms with van der Waals surface area (Å²) in [5, 5.41) is 0. The lowest BCUT2D eigenvalue weighted by atomic mass is 9.89. The van der Waals surface area contributed by atoms with E-state index in [4.69, 9.17) is 0 Å². The molecular formula is C12H13BrF2. The van der Waals surface area contributed by atoms with Crippen LogP contribution in [0.4, 0.5) is 8.78 Å². The van der Waals surface area contributed by atoms with Crippen LogP contribution in [0.3, 0.4) is 0 Å². The highest BCUT2D eigenvalue weighted by molar-refractivity contribution is 9.09. The fourth-order valence-corrected chi connectivity index (χ4v) is 3.02. The number of alkyl halides is 1. The molecule has 1 aliphatic carbocycles. The summed E-state index contributed by atoms with van der Waals surface area (Å²) < 4.78 is 27.1. The molecule has 1 aliphatic rings. The van der Waals surface area contributed by atoms with Crippen molar-refractivity contribution in [1.82, 2.24) is 0 Å². The molecule has 1 saturated carbocycles. The maximum Gasteiger partial charge on any atom is 0.129 e. The predicted octanol–water partition coefficient (Wildman–Crippen LogP) is 4.24. The molecule has 15 heavy (non-hydrogen) atoms. The zero-order valence-corrected chi connectivity index (χ0v) is 10.1. The van der Waals surface area contributed by atoms with E-state index in [-0.39, 0.29) is 17.4 Å². The molecule has 0 N–H and O–H groups in total. The summed E-state index contributed by atoms with van der Waals surface area (Å²) in [6.07, 6.45) is 1.84. The van der Waals surface area contributed by atoms with Crippen LogP contribution >= 0.6 is 15.9 Å². The minimum absolute atomic E-state index is 0.00979. The monoisotopic (exact) mass is 274 g/mol. The zero-order chi connectivity index (χ0) is 11.0. The molecular weight excluding hydrogens is 262 g/mol. The molecule has 0 amide bonds. The van der Waals surface area contributed by atoms with Crippen LogP contribution in [0.25, 0.3) is 0 Å². The third kappa shape index (κ3) is 1.94. The van der Waals surface area contributed by atoms with Crippen molar-refractivity contribution in [3.63, 3.8) is 0 Å². The van der Waals surface area contributed by atoms with E-state index in [2.05, 4.69) is 15.9 Å². The van der Waals surface area contributed by atoms with E-state index >= 15 is 0 Å². The lowest BCUT2D eigenvalue weighted by Gasteiger charge is -2.18. The van der Waals surface area contributed by atoms with E-state index < -0.39 is 11.6 Å². The molecule has 1 fully saturated rings. The summed E-state index contributed by atoms with van der Waals surface area (Å²) in [6.45, 7) is 2.04. The number of benzene rings is 1. The Bertz CT molecular complexity index is 344. The molecule has 3 atom stereocenters. The molecule has 1 aromatic rings. The first-order chi connectivity index (χ1) is 7.11. The third-order valence-corrected chi connectivity index (χ3v) is 4.62. The summed E-state index contributed by atoms with van der Waals surface area (Å²) in [7, 11) is 0. The van der Waals surface area contributed by atoms with Crippen LogP contribution < -0.4 is 0 Å². The fourth-order valence-electron chi connectivity index (χ4n) is 2.39. The molecule has 0 aliphatic heterocycles. The molecule has 3 heteroatoms. The first-order valence-corrected chi connectivity index (χ1v) is 6.11. The molecule has 0 bridgehead atoms. The van der Waals surface area contributed by atoms with Gasteiger partial charge in [0.15, 0.2) is 0 Å². The summed E-state index contributed by atoms with van der Waals surface area (Å²) in [5.74, 6) is -0.520.